The molecule has 1 aliphatic carbocycles. The van der Waals surface area contributed by atoms with E-state index in [-0.39, 0.29) is 30.4 Å². The van der Waals surface area contributed by atoms with Gasteiger partial charge in [-0.3, -0.25) is 4.79 Å². The summed E-state index contributed by atoms with van der Waals surface area (Å²) < 4.78 is 38.5. The van der Waals surface area contributed by atoms with Gasteiger partial charge in [-0.05, 0) is 75.3 Å². The van der Waals surface area contributed by atoms with Gasteiger partial charge < -0.3 is 15.5 Å². The number of halogens is 5. The van der Waals surface area contributed by atoms with Gasteiger partial charge in [-0.1, -0.05) is 18.2 Å². The normalized spacial score (nSPS) is 21.2. The molecule has 2 fully saturated rings. The van der Waals surface area contributed by atoms with Crippen LogP contribution in [0.2, 0.25) is 0 Å². The Bertz CT molecular complexity index is 900. The Morgan fingerprint density at radius 1 is 1.03 bits per heavy atom. The maximum atomic E-state index is 12.8. The zero-order valence-electron chi connectivity index (χ0n) is 17.7. The van der Waals surface area contributed by atoms with Gasteiger partial charge in [-0.25, -0.2) is 0 Å². The average molecular weight is 490 g/mol. The summed E-state index contributed by atoms with van der Waals surface area (Å²) in [6.07, 6.45) is -0.997. The number of alkyl halides is 3. The molecule has 1 saturated heterocycles. The highest BCUT2D eigenvalue weighted by Crippen LogP contribution is 2.41. The van der Waals surface area contributed by atoms with Gasteiger partial charge >= 0.3 is 6.18 Å². The number of carbonyl (C=O) groups excluding carboxylic acids is 1. The van der Waals surface area contributed by atoms with E-state index in [4.69, 9.17) is 0 Å². The molecule has 1 amide bonds. The third kappa shape index (κ3) is 6.61. The lowest BCUT2D eigenvalue weighted by molar-refractivity contribution is -0.137. The molecule has 1 heterocycles. The maximum absolute atomic E-state index is 12.8. The van der Waals surface area contributed by atoms with Crippen molar-refractivity contribution in [2.75, 3.05) is 25.5 Å². The summed E-state index contributed by atoms with van der Waals surface area (Å²) in [6, 6.07) is 13.1. The number of carbonyl (C=O) groups is 1. The number of hydrogen-bond donors (Lipinski definition) is 2. The van der Waals surface area contributed by atoms with Crippen molar-refractivity contribution in [2.24, 2.45) is 0 Å². The lowest BCUT2D eigenvalue weighted by Gasteiger charge is -2.29. The van der Waals surface area contributed by atoms with Gasteiger partial charge in [-0.2, -0.15) is 13.2 Å². The first kappa shape index (κ1) is 26.5. The molecular weight excluding hydrogens is 462 g/mol. The first-order chi connectivity index (χ1) is 14.3. The van der Waals surface area contributed by atoms with E-state index >= 15 is 0 Å². The number of rotatable bonds is 5. The molecule has 2 N–H and O–H groups in total. The quantitative estimate of drug-likeness (QED) is 0.595. The van der Waals surface area contributed by atoms with E-state index in [9.17, 15) is 18.0 Å². The SMILES string of the molecule is CN1CCC(N[C@@H]2C[C@H]2c2ccc(NC(=O)c3cccc(C(F)(F)F)c3)cc2)CC1.Cl.Cl. The number of benzene rings is 2. The summed E-state index contributed by atoms with van der Waals surface area (Å²) in [6.45, 7) is 2.27. The summed E-state index contributed by atoms with van der Waals surface area (Å²) in [5, 5.41) is 6.44. The van der Waals surface area contributed by atoms with E-state index < -0.39 is 17.6 Å². The molecule has 2 aliphatic rings. The molecule has 0 aromatic heterocycles. The smallest absolute Gasteiger partial charge is 0.322 e. The maximum Gasteiger partial charge on any atom is 0.416 e. The third-order valence-electron chi connectivity index (χ3n) is 6.01. The minimum atomic E-state index is -4.47. The van der Waals surface area contributed by atoms with Crippen LogP contribution in [0.15, 0.2) is 48.5 Å². The molecule has 1 saturated carbocycles. The minimum Gasteiger partial charge on any atom is -0.322 e. The van der Waals surface area contributed by atoms with Crippen LogP contribution < -0.4 is 10.6 Å². The average Bonchev–Trinajstić information content (AvgIpc) is 3.49. The van der Waals surface area contributed by atoms with E-state index in [0.717, 1.165) is 31.6 Å². The van der Waals surface area contributed by atoms with Crippen molar-refractivity contribution in [3.8, 4) is 0 Å². The highest BCUT2D eigenvalue weighted by Gasteiger charge is 2.39. The Morgan fingerprint density at radius 3 is 2.31 bits per heavy atom. The Hall–Kier alpha value is -1.80. The standard InChI is InChI=1S/C23H26F3N3O.2ClH/c1-29-11-9-19(10-12-29)27-21-14-20(21)15-5-7-18(8-6-15)28-22(30)16-3-2-4-17(13-16)23(24,25)26;;/h2-8,13,19-21,27H,9-12,14H2,1H3,(H,28,30);2*1H/t20-,21+;;/m0../s1. The summed E-state index contributed by atoms with van der Waals surface area (Å²) in [5.41, 5.74) is 0.944. The fourth-order valence-electron chi connectivity index (χ4n) is 4.08. The van der Waals surface area contributed by atoms with Crippen molar-refractivity contribution in [3.05, 3.63) is 65.2 Å². The van der Waals surface area contributed by atoms with E-state index in [0.29, 0.717) is 23.7 Å². The summed E-state index contributed by atoms with van der Waals surface area (Å²) in [5.74, 6) is -0.0695. The summed E-state index contributed by atoms with van der Waals surface area (Å²) >= 11 is 0. The van der Waals surface area contributed by atoms with Crippen LogP contribution in [0.4, 0.5) is 18.9 Å². The molecule has 4 nitrogen and oxygen atoms in total. The van der Waals surface area contributed by atoms with Crippen LogP contribution >= 0.6 is 24.8 Å². The second kappa shape index (κ2) is 10.9. The molecule has 2 aromatic rings. The Morgan fingerprint density at radius 2 is 1.69 bits per heavy atom. The van der Waals surface area contributed by atoms with Gasteiger partial charge in [-0.15, -0.1) is 24.8 Å². The zero-order chi connectivity index (χ0) is 21.3. The Labute approximate surface area is 198 Å². The van der Waals surface area contributed by atoms with Crippen LogP contribution in [0.5, 0.6) is 0 Å². The van der Waals surface area contributed by atoms with Crippen LogP contribution in [0.1, 0.15) is 46.7 Å². The van der Waals surface area contributed by atoms with Gasteiger partial charge in [0.15, 0.2) is 0 Å². The molecule has 4 rings (SSSR count). The van der Waals surface area contributed by atoms with Crippen molar-refractivity contribution >= 4 is 36.4 Å². The first-order valence-electron chi connectivity index (χ1n) is 10.3. The number of nitrogens with zero attached hydrogens (tertiary/aromatic N) is 1. The first-order valence-corrected chi connectivity index (χ1v) is 10.3. The fourth-order valence-corrected chi connectivity index (χ4v) is 4.08. The number of piperidine rings is 1. The van der Waals surface area contributed by atoms with E-state index in [1.807, 2.05) is 24.3 Å². The van der Waals surface area contributed by atoms with Gasteiger partial charge in [0.25, 0.3) is 5.91 Å². The molecular formula is C23H28Cl2F3N3O. The molecule has 0 unspecified atom stereocenters. The Balaban J connectivity index is 0.00000181. The number of likely N-dealkylation sites (tertiary alicyclic amines) is 1. The van der Waals surface area contributed by atoms with Crippen molar-refractivity contribution < 1.29 is 18.0 Å². The van der Waals surface area contributed by atoms with Gasteiger partial charge in [0.2, 0.25) is 0 Å². The molecule has 0 spiro atoms. The van der Waals surface area contributed by atoms with Crippen molar-refractivity contribution in [1.82, 2.24) is 10.2 Å². The predicted molar refractivity (Wildman–Crippen MR) is 125 cm³/mol. The van der Waals surface area contributed by atoms with Gasteiger partial charge in [0.1, 0.15) is 0 Å². The molecule has 0 radical (unpaired) electrons. The van der Waals surface area contributed by atoms with E-state index in [1.54, 1.807) is 0 Å². The minimum absolute atomic E-state index is 0. The van der Waals surface area contributed by atoms with Gasteiger partial charge in [0, 0.05) is 29.3 Å². The predicted octanol–water partition coefficient (Wildman–Crippen LogP) is 5.34. The highest BCUT2D eigenvalue weighted by molar-refractivity contribution is 6.04. The van der Waals surface area contributed by atoms with Crippen molar-refractivity contribution in [3.63, 3.8) is 0 Å². The molecule has 32 heavy (non-hydrogen) atoms. The molecule has 1 aliphatic heterocycles. The second-order valence-electron chi connectivity index (χ2n) is 8.35. The monoisotopic (exact) mass is 489 g/mol. The van der Waals surface area contributed by atoms with Crippen LogP contribution in [0, 0.1) is 0 Å². The fraction of sp³-hybridized carbons (Fsp3) is 0.435. The molecule has 2 atom stereocenters. The van der Waals surface area contributed by atoms with Crippen LogP contribution in [-0.2, 0) is 6.18 Å². The number of anilines is 1. The molecule has 176 valence electrons. The Kier molecular flexibility index (Phi) is 8.99. The van der Waals surface area contributed by atoms with Gasteiger partial charge in [0.05, 0.1) is 5.56 Å². The third-order valence-corrected chi connectivity index (χ3v) is 6.01. The van der Waals surface area contributed by atoms with Crippen LogP contribution in [0.25, 0.3) is 0 Å². The highest BCUT2D eigenvalue weighted by atomic mass is 35.5. The number of nitrogens with one attached hydrogen (secondary N) is 2. The van der Waals surface area contributed by atoms with Crippen molar-refractivity contribution in [1.29, 1.82) is 0 Å². The molecule has 2 aromatic carbocycles. The number of amides is 1. The largest absolute Gasteiger partial charge is 0.416 e. The van der Waals surface area contributed by atoms with E-state index in [2.05, 4.69) is 22.6 Å². The molecule has 9 heteroatoms. The van der Waals surface area contributed by atoms with Crippen LogP contribution in [0.3, 0.4) is 0 Å². The van der Waals surface area contributed by atoms with Crippen LogP contribution in [-0.4, -0.2) is 43.0 Å². The summed E-state index contributed by atoms with van der Waals surface area (Å²) in [7, 11) is 2.16. The molecule has 0 bridgehead atoms. The summed E-state index contributed by atoms with van der Waals surface area (Å²) in [4.78, 5) is 14.7. The second-order valence-corrected chi connectivity index (χ2v) is 8.35. The van der Waals surface area contributed by atoms with Crippen molar-refractivity contribution in [2.45, 2.75) is 43.4 Å². The van der Waals surface area contributed by atoms with E-state index in [1.165, 1.54) is 30.5 Å². The number of hydrogen-bond acceptors (Lipinski definition) is 3. The topological polar surface area (TPSA) is 44.4 Å². The lowest BCUT2D eigenvalue weighted by atomic mass is 10.0. The lowest BCUT2D eigenvalue weighted by Crippen LogP contribution is -2.41. The zero-order valence-corrected chi connectivity index (χ0v) is 19.3.